The van der Waals surface area contributed by atoms with Crippen molar-refractivity contribution in [1.82, 2.24) is 10.2 Å². The van der Waals surface area contributed by atoms with E-state index in [0.29, 0.717) is 21.7 Å². The Morgan fingerprint density at radius 1 is 1.50 bits per heavy atom. The van der Waals surface area contributed by atoms with E-state index in [2.05, 4.69) is 33.1 Å². The van der Waals surface area contributed by atoms with Crippen LogP contribution >= 0.6 is 39.7 Å². The molecule has 1 atom stereocenters. The molecule has 3 nitrogen and oxygen atoms in total. The van der Waals surface area contributed by atoms with E-state index in [1.807, 2.05) is 0 Å². The van der Waals surface area contributed by atoms with Crippen molar-refractivity contribution in [2.45, 2.75) is 32.2 Å². The number of likely N-dealkylation sites (tertiary alicyclic amines) is 1. The number of hydrogen-bond acceptors (Lipinski definition) is 2. The van der Waals surface area contributed by atoms with Crippen LogP contribution in [0.15, 0.2) is 22.7 Å². The van der Waals surface area contributed by atoms with Crippen molar-refractivity contribution in [3.8, 4) is 0 Å². The molecule has 1 aliphatic rings. The number of nitrogens with one attached hydrogen (secondary N) is 1. The third-order valence-corrected chi connectivity index (χ3v) is 4.62. The summed E-state index contributed by atoms with van der Waals surface area (Å²) in [6.07, 6.45) is 3.43. The molecule has 1 amide bonds. The van der Waals surface area contributed by atoms with Gasteiger partial charge in [0.1, 0.15) is 0 Å². The third-order valence-electron chi connectivity index (χ3n) is 3.46. The van der Waals surface area contributed by atoms with E-state index in [1.54, 1.807) is 18.2 Å². The lowest BCUT2D eigenvalue weighted by Gasteiger charge is -2.35. The molecule has 0 unspecified atom stereocenters. The monoisotopic (exact) mass is 374 g/mol. The van der Waals surface area contributed by atoms with Crippen LogP contribution in [0.4, 0.5) is 0 Å². The number of carbonyl (C=O) groups is 1. The summed E-state index contributed by atoms with van der Waals surface area (Å²) in [5, 5.41) is 3.68. The molecule has 1 heterocycles. The van der Waals surface area contributed by atoms with E-state index in [0.717, 1.165) is 23.9 Å². The Kier molecular flexibility index (Phi) is 5.41. The SMILES string of the molecule is C[C@H]1CCCCN1C(=S)NC(=O)c1cc(Br)ccc1Cl. The van der Waals surface area contributed by atoms with Gasteiger partial charge in [0.25, 0.3) is 5.91 Å². The van der Waals surface area contributed by atoms with Gasteiger partial charge in [-0.05, 0) is 56.6 Å². The largest absolute Gasteiger partial charge is 0.346 e. The minimum Gasteiger partial charge on any atom is -0.346 e. The van der Waals surface area contributed by atoms with Gasteiger partial charge in [-0.25, -0.2) is 0 Å². The Labute approximate surface area is 137 Å². The Hall–Kier alpha value is -0.650. The summed E-state index contributed by atoms with van der Waals surface area (Å²) in [7, 11) is 0. The quantitative estimate of drug-likeness (QED) is 0.753. The number of amides is 1. The Morgan fingerprint density at radius 3 is 2.95 bits per heavy atom. The number of nitrogens with zero attached hydrogens (tertiary/aromatic N) is 1. The number of benzene rings is 1. The fourth-order valence-electron chi connectivity index (χ4n) is 2.31. The summed E-state index contributed by atoms with van der Waals surface area (Å²) in [5.41, 5.74) is 0.424. The van der Waals surface area contributed by atoms with Crippen LogP contribution in [0.3, 0.4) is 0 Å². The van der Waals surface area contributed by atoms with E-state index in [-0.39, 0.29) is 5.91 Å². The summed E-state index contributed by atoms with van der Waals surface area (Å²) < 4.78 is 0.810. The number of carbonyl (C=O) groups excluding carboxylic acids is 1. The Balaban J connectivity index is 2.07. The zero-order chi connectivity index (χ0) is 14.7. The number of halogens is 2. The van der Waals surface area contributed by atoms with Gasteiger partial charge in [-0.2, -0.15) is 0 Å². The maximum Gasteiger partial charge on any atom is 0.258 e. The second-order valence-corrected chi connectivity index (χ2v) is 6.63. The van der Waals surface area contributed by atoms with Crippen molar-refractivity contribution in [1.29, 1.82) is 0 Å². The van der Waals surface area contributed by atoms with Crippen molar-refractivity contribution in [2.75, 3.05) is 6.54 Å². The minimum absolute atomic E-state index is 0.265. The Morgan fingerprint density at radius 2 is 2.25 bits per heavy atom. The predicted octanol–water partition coefficient (Wildman–Crippen LogP) is 3.99. The molecule has 108 valence electrons. The fraction of sp³-hybridized carbons (Fsp3) is 0.429. The van der Waals surface area contributed by atoms with Crippen LogP contribution in [0.2, 0.25) is 5.02 Å². The zero-order valence-corrected chi connectivity index (χ0v) is 14.3. The molecule has 2 rings (SSSR count). The van der Waals surface area contributed by atoms with Crippen molar-refractivity contribution in [3.05, 3.63) is 33.3 Å². The molecular weight excluding hydrogens is 360 g/mol. The van der Waals surface area contributed by atoms with Crippen molar-refractivity contribution < 1.29 is 4.79 Å². The summed E-state index contributed by atoms with van der Waals surface area (Å²) in [4.78, 5) is 14.3. The van der Waals surface area contributed by atoms with Crippen LogP contribution < -0.4 is 5.32 Å². The molecule has 0 aromatic heterocycles. The van der Waals surface area contributed by atoms with Gasteiger partial charge >= 0.3 is 0 Å². The minimum atomic E-state index is -0.265. The smallest absolute Gasteiger partial charge is 0.258 e. The summed E-state index contributed by atoms with van der Waals surface area (Å²) in [6.45, 7) is 3.02. The molecule has 0 aliphatic carbocycles. The first kappa shape index (κ1) is 15.7. The molecule has 1 N–H and O–H groups in total. The molecule has 0 radical (unpaired) electrons. The van der Waals surface area contributed by atoms with Crippen LogP contribution in [-0.4, -0.2) is 28.5 Å². The van der Waals surface area contributed by atoms with Crippen LogP contribution in [0, 0.1) is 0 Å². The Bertz CT molecular complexity index is 538. The van der Waals surface area contributed by atoms with Crippen LogP contribution in [0.5, 0.6) is 0 Å². The molecule has 1 aromatic carbocycles. The molecule has 0 spiro atoms. The standard InChI is InChI=1S/C14H16BrClN2OS/c1-9-4-2-3-7-18(9)14(20)17-13(19)11-8-10(15)5-6-12(11)16/h5-6,8-9H,2-4,7H2,1H3,(H,17,19,20)/t9-/m0/s1. The number of hydrogen-bond donors (Lipinski definition) is 1. The van der Waals surface area contributed by atoms with Gasteiger partial charge in [-0.3, -0.25) is 10.1 Å². The molecule has 1 fully saturated rings. The van der Waals surface area contributed by atoms with Gasteiger partial charge in [0.05, 0.1) is 10.6 Å². The normalized spacial score (nSPS) is 18.8. The highest BCUT2D eigenvalue weighted by atomic mass is 79.9. The lowest BCUT2D eigenvalue weighted by atomic mass is 10.0. The van der Waals surface area contributed by atoms with Gasteiger partial charge in [-0.1, -0.05) is 27.5 Å². The van der Waals surface area contributed by atoms with E-state index in [4.69, 9.17) is 23.8 Å². The van der Waals surface area contributed by atoms with Gasteiger partial charge < -0.3 is 4.90 Å². The fourth-order valence-corrected chi connectivity index (χ4v) is 3.24. The zero-order valence-electron chi connectivity index (χ0n) is 11.2. The highest BCUT2D eigenvalue weighted by molar-refractivity contribution is 9.10. The maximum atomic E-state index is 12.2. The molecule has 1 aliphatic heterocycles. The van der Waals surface area contributed by atoms with E-state index < -0.39 is 0 Å². The van der Waals surface area contributed by atoms with E-state index in [1.165, 1.54) is 6.42 Å². The number of rotatable bonds is 1. The molecular formula is C14H16BrClN2OS. The highest BCUT2D eigenvalue weighted by Crippen LogP contribution is 2.21. The first-order valence-corrected chi connectivity index (χ1v) is 8.14. The summed E-state index contributed by atoms with van der Waals surface area (Å²) >= 11 is 14.7. The van der Waals surface area contributed by atoms with Gasteiger partial charge in [-0.15, -0.1) is 0 Å². The summed E-state index contributed by atoms with van der Waals surface area (Å²) in [5.74, 6) is -0.265. The van der Waals surface area contributed by atoms with Crippen molar-refractivity contribution in [2.24, 2.45) is 0 Å². The second kappa shape index (κ2) is 6.87. The molecule has 1 saturated heterocycles. The van der Waals surface area contributed by atoms with Crippen molar-refractivity contribution in [3.63, 3.8) is 0 Å². The molecule has 20 heavy (non-hydrogen) atoms. The molecule has 0 bridgehead atoms. The van der Waals surface area contributed by atoms with Crippen molar-refractivity contribution >= 4 is 50.8 Å². The first-order valence-electron chi connectivity index (χ1n) is 6.56. The average molecular weight is 376 g/mol. The summed E-state index contributed by atoms with van der Waals surface area (Å²) in [6, 6.07) is 5.55. The average Bonchev–Trinajstić information content (AvgIpc) is 2.41. The molecule has 0 saturated carbocycles. The van der Waals surface area contributed by atoms with Gasteiger partial charge in [0, 0.05) is 17.1 Å². The van der Waals surface area contributed by atoms with Gasteiger partial charge in [0.2, 0.25) is 0 Å². The lowest BCUT2D eigenvalue weighted by molar-refractivity contribution is 0.0970. The number of thiocarbonyl (C=S) groups is 1. The highest BCUT2D eigenvalue weighted by Gasteiger charge is 2.22. The lowest BCUT2D eigenvalue weighted by Crippen LogP contribution is -2.49. The van der Waals surface area contributed by atoms with Crippen LogP contribution in [0.1, 0.15) is 36.5 Å². The maximum absolute atomic E-state index is 12.2. The van der Waals surface area contributed by atoms with Crippen LogP contribution in [0.25, 0.3) is 0 Å². The third kappa shape index (κ3) is 3.71. The van der Waals surface area contributed by atoms with Gasteiger partial charge in [0.15, 0.2) is 5.11 Å². The van der Waals surface area contributed by atoms with Crippen LogP contribution in [-0.2, 0) is 0 Å². The molecule has 1 aromatic rings. The first-order chi connectivity index (χ1) is 9.49. The topological polar surface area (TPSA) is 32.3 Å². The second-order valence-electron chi connectivity index (χ2n) is 4.92. The number of piperidine rings is 1. The van der Waals surface area contributed by atoms with E-state index >= 15 is 0 Å². The predicted molar refractivity (Wildman–Crippen MR) is 89.2 cm³/mol. The van der Waals surface area contributed by atoms with E-state index in [9.17, 15) is 4.79 Å². The molecule has 6 heteroatoms.